The van der Waals surface area contributed by atoms with Crippen molar-refractivity contribution in [3.8, 4) is 5.75 Å². The lowest BCUT2D eigenvalue weighted by Crippen LogP contribution is -2.39. The molecule has 1 aromatic rings. The van der Waals surface area contributed by atoms with E-state index in [4.69, 9.17) is 0 Å². The van der Waals surface area contributed by atoms with Crippen LogP contribution in [0, 0.1) is 0 Å². The Hall–Kier alpha value is -1.03. The van der Waals surface area contributed by atoms with Crippen LogP contribution in [0.15, 0.2) is 10.5 Å². The molecular weight excluding hydrogens is 344 g/mol. The van der Waals surface area contributed by atoms with Crippen LogP contribution >= 0.6 is 15.9 Å². The first-order chi connectivity index (χ1) is 10.6. The Labute approximate surface area is 139 Å². The zero-order valence-electron chi connectivity index (χ0n) is 12.8. The second-order valence-corrected chi connectivity index (χ2v) is 7.58. The third-order valence-electron chi connectivity index (χ3n) is 5.42. The van der Waals surface area contributed by atoms with Crippen molar-refractivity contribution in [1.82, 2.24) is 0 Å². The van der Waals surface area contributed by atoms with Crippen molar-refractivity contribution in [2.24, 2.45) is 0 Å². The highest BCUT2D eigenvalue weighted by molar-refractivity contribution is 9.10. The highest BCUT2D eigenvalue weighted by Crippen LogP contribution is 2.49. The first kappa shape index (κ1) is 15.9. The van der Waals surface area contributed by atoms with E-state index >= 15 is 0 Å². The molecule has 1 aromatic carbocycles. The highest BCUT2D eigenvalue weighted by Gasteiger charge is 2.45. The van der Waals surface area contributed by atoms with E-state index in [0.29, 0.717) is 22.9 Å². The fourth-order valence-corrected chi connectivity index (χ4v) is 4.75. The van der Waals surface area contributed by atoms with Crippen molar-refractivity contribution < 1.29 is 15.0 Å². The molecule has 2 N–H and O–H groups in total. The molecule has 120 valence electrons. The normalized spacial score (nSPS) is 21.0. The molecule has 22 heavy (non-hydrogen) atoms. The van der Waals surface area contributed by atoms with Gasteiger partial charge in [0.2, 0.25) is 0 Å². The van der Waals surface area contributed by atoms with Gasteiger partial charge in [0.15, 0.2) is 0 Å². The number of aliphatic carboxylic acids is 1. The van der Waals surface area contributed by atoms with Crippen LogP contribution in [0.3, 0.4) is 0 Å². The van der Waals surface area contributed by atoms with Crippen LogP contribution in [0.2, 0.25) is 0 Å². The SMILES string of the molecule is O=C(O)C1(c2c(O)c(Br)cc3c2CCCCC3)CCCCC1. The Bertz CT molecular complexity index is 588. The van der Waals surface area contributed by atoms with Crippen LogP contribution in [0.5, 0.6) is 5.75 Å². The average molecular weight is 367 g/mol. The van der Waals surface area contributed by atoms with Gasteiger partial charge >= 0.3 is 5.97 Å². The smallest absolute Gasteiger partial charge is 0.314 e. The molecule has 0 heterocycles. The van der Waals surface area contributed by atoms with E-state index < -0.39 is 11.4 Å². The first-order valence-corrected chi connectivity index (χ1v) is 9.12. The largest absolute Gasteiger partial charge is 0.506 e. The summed E-state index contributed by atoms with van der Waals surface area (Å²) in [6.07, 6.45) is 9.48. The minimum absolute atomic E-state index is 0.157. The number of phenolic OH excluding ortho intramolecular Hbond substituents is 1. The van der Waals surface area contributed by atoms with Gasteiger partial charge in [-0.3, -0.25) is 4.79 Å². The molecule has 3 nitrogen and oxygen atoms in total. The van der Waals surface area contributed by atoms with E-state index in [1.54, 1.807) is 0 Å². The molecule has 0 amide bonds. The molecule has 0 spiro atoms. The van der Waals surface area contributed by atoms with Gasteiger partial charge in [-0.2, -0.15) is 0 Å². The summed E-state index contributed by atoms with van der Waals surface area (Å²) in [5.74, 6) is -0.614. The summed E-state index contributed by atoms with van der Waals surface area (Å²) in [7, 11) is 0. The predicted molar refractivity (Wildman–Crippen MR) is 89.5 cm³/mol. The standard InChI is InChI=1S/C18H23BrO3/c19-14-11-12-7-3-1-4-8-13(12)15(16(14)20)18(17(21)22)9-5-2-6-10-18/h11,20H,1-10H2,(H,21,22). The molecule has 0 saturated heterocycles. The minimum Gasteiger partial charge on any atom is -0.506 e. The average Bonchev–Trinajstić information content (AvgIpc) is 2.74. The number of halogens is 1. The van der Waals surface area contributed by atoms with Crippen molar-refractivity contribution in [3.63, 3.8) is 0 Å². The van der Waals surface area contributed by atoms with Crippen LogP contribution in [0.1, 0.15) is 68.1 Å². The number of fused-ring (bicyclic) bond motifs is 1. The number of aryl methyl sites for hydroxylation is 1. The molecule has 1 saturated carbocycles. The number of aromatic hydroxyl groups is 1. The second kappa shape index (κ2) is 6.23. The third kappa shape index (κ3) is 2.55. The van der Waals surface area contributed by atoms with E-state index in [1.165, 1.54) is 12.0 Å². The van der Waals surface area contributed by atoms with Crippen LogP contribution in [0.4, 0.5) is 0 Å². The minimum atomic E-state index is -0.902. The summed E-state index contributed by atoms with van der Waals surface area (Å²) >= 11 is 3.45. The van der Waals surface area contributed by atoms with Gasteiger partial charge < -0.3 is 10.2 Å². The quantitative estimate of drug-likeness (QED) is 0.745. The van der Waals surface area contributed by atoms with Gasteiger partial charge in [-0.05, 0) is 71.6 Å². The highest BCUT2D eigenvalue weighted by atomic mass is 79.9. The Kier molecular flexibility index (Phi) is 4.49. The number of hydrogen-bond donors (Lipinski definition) is 2. The van der Waals surface area contributed by atoms with Gasteiger partial charge in [0, 0.05) is 5.56 Å². The number of rotatable bonds is 2. The van der Waals surface area contributed by atoms with Gasteiger partial charge in [0.1, 0.15) is 5.75 Å². The predicted octanol–water partition coefficient (Wildman–Crippen LogP) is 4.71. The molecule has 3 rings (SSSR count). The van der Waals surface area contributed by atoms with Crippen LogP contribution in [-0.2, 0) is 23.1 Å². The molecule has 0 unspecified atom stereocenters. The molecule has 4 heteroatoms. The number of hydrogen-bond acceptors (Lipinski definition) is 2. The fourth-order valence-electron chi connectivity index (χ4n) is 4.28. The van der Waals surface area contributed by atoms with E-state index in [2.05, 4.69) is 15.9 Å². The lowest BCUT2D eigenvalue weighted by atomic mass is 9.67. The molecule has 0 atom stereocenters. The van der Waals surface area contributed by atoms with Crippen molar-refractivity contribution in [3.05, 3.63) is 27.2 Å². The maximum Gasteiger partial charge on any atom is 0.314 e. The number of carboxylic acids is 1. The summed E-state index contributed by atoms with van der Waals surface area (Å²) in [6.45, 7) is 0. The van der Waals surface area contributed by atoms with E-state index in [9.17, 15) is 15.0 Å². The number of carbonyl (C=O) groups is 1. The summed E-state index contributed by atoms with van der Waals surface area (Å²) in [5, 5.41) is 20.7. The second-order valence-electron chi connectivity index (χ2n) is 6.73. The summed E-state index contributed by atoms with van der Waals surface area (Å²) in [6, 6.07) is 2.00. The summed E-state index contributed by atoms with van der Waals surface area (Å²) in [4.78, 5) is 12.2. The first-order valence-electron chi connectivity index (χ1n) is 8.33. The molecule has 0 bridgehead atoms. The maximum absolute atomic E-state index is 12.2. The zero-order chi connectivity index (χ0) is 15.7. The van der Waals surface area contributed by atoms with Crippen LogP contribution < -0.4 is 0 Å². The maximum atomic E-state index is 12.2. The van der Waals surface area contributed by atoms with Crippen LogP contribution in [0.25, 0.3) is 0 Å². The van der Waals surface area contributed by atoms with Crippen molar-refractivity contribution >= 4 is 21.9 Å². The van der Waals surface area contributed by atoms with Crippen LogP contribution in [-0.4, -0.2) is 16.2 Å². The molecule has 0 radical (unpaired) electrons. The summed E-state index contributed by atoms with van der Waals surface area (Å²) < 4.78 is 0.648. The van der Waals surface area contributed by atoms with E-state index in [0.717, 1.165) is 50.5 Å². The molecule has 2 aliphatic rings. The number of phenols is 1. The fraction of sp³-hybridized carbons (Fsp3) is 0.611. The molecule has 0 aliphatic heterocycles. The summed E-state index contributed by atoms with van der Waals surface area (Å²) in [5.41, 5.74) is 2.15. The van der Waals surface area contributed by atoms with E-state index in [-0.39, 0.29) is 5.75 Å². The monoisotopic (exact) mass is 366 g/mol. The zero-order valence-corrected chi connectivity index (χ0v) is 14.4. The van der Waals surface area contributed by atoms with Crippen molar-refractivity contribution in [2.75, 3.05) is 0 Å². The Morgan fingerprint density at radius 3 is 2.36 bits per heavy atom. The van der Waals surface area contributed by atoms with Gasteiger partial charge in [-0.15, -0.1) is 0 Å². The number of benzene rings is 1. The Morgan fingerprint density at radius 2 is 1.68 bits per heavy atom. The molecule has 1 fully saturated rings. The topological polar surface area (TPSA) is 57.5 Å². The third-order valence-corrected chi connectivity index (χ3v) is 6.03. The Morgan fingerprint density at radius 1 is 1.05 bits per heavy atom. The number of carboxylic acid groups (broad SMARTS) is 1. The van der Waals surface area contributed by atoms with Gasteiger partial charge in [-0.25, -0.2) is 0 Å². The van der Waals surface area contributed by atoms with Gasteiger partial charge in [0.05, 0.1) is 9.89 Å². The van der Waals surface area contributed by atoms with Gasteiger partial charge in [-0.1, -0.05) is 25.7 Å². The molecule has 2 aliphatic carbocycles. The molecular formula is C18H23BrO3. The molecule has 0 aromatic heterocycles. The lowest BCUT2D eigenvalue weighted by Gasteiger charge is -2.36. The Balaban J connectivity index is 2.23. The van der Waals surface area contributed by atoms with Crippen molar-refractivity contribution in [1.29, 1.82) is 0 Å². The van der Waals surface area contributed by atoms with Gasteiger partial charge in [0.25, 0.3) is 0 Å². The van der Waals surface area contributed by atoms with E-state index in [1.807, 2.05) is 6.07 Å². The van der Waals surface area contributed by atoms with Crippen molar-refractivity contribution in [2.45, 2.75) is 69.6 Å². The lowest BCUT2D eigenvalue weighted by molar-refractivity contribution is -0.145.